The van der Waals surface area contributed by atoms with Crippen LogP contribution in [0.2, 0.25) is 0 Å². The van der Waals surface area contributed by atoms with Crippen LogP contribution in [0.1, 0.15) is 100 Å². The summed E-state index contributed by atoms with van der Waals surface area (Å²) in [4.78, 5) is 54.2. The predicted molar refractivity (Wildman–Crippen MR) is 165 cm³/mol. The zero-order valence-electron chi connectivity index (χ0n) is 25.7. The molecule has 2 bridgehead atoms. The lowest BCUT2D eigenvalue weighted by molar-refractivity contribution is -0.140. The number of benzene rings is 1. The molecule has 3 atom stereocenters. The number of carbonyl (C=O) groups excluding carboxylic acids is 4. The smallest absolute Gasteiger partial charge is 0.245 e. The molecule has 4 aliphatic rings. The summed E-state index contributed by atoms with van der Waals surface area (Å²) < 4.78 is 1.71. The first-order valence-corrected chi connectivity index (χ1v) is 16.4. The molecule has 0 spiro atoms. The minimum atomic E-state index is -0.587. The Morgan fingerprint density at radius 2 is 1.77 bits per heavy atom. The predicted octanol–water partition coefficient (Wildman–Crippen LogP) is 3.96. The molecular weight excluding hydrogens is 544 g/mol. The number of piperidine rings is 1. The molecule has 0 unspecified atom stereocenters. The van der Waals surface area contributed by atoms with Gasteiger partial charge in [-0.15, -0.1) is 0 Å². The van der Waals surface area contributed by atoms with Crippen LogP contribution in [0, 0.1) is 11.3 Å². The highest BCUT2D eigenvalue weighted by atomic mass is 16.2. The first kappa shape index (κ1) is 29.6. The third kappa shape index (κ3) is 6.02. The Kier molecular flexibility index (Phi) is 8.47. The molecule has 2 aromatic rings. The summed E-state index contributed by atoms with van der Waals surface area (Å²) in [6.07, 6.45) is 12.7. The van der Waals surface area contributed by atoms with Crippen LogP contribution >= 0.6 is 0 Å². The van der Waals surface area contributed by atoms with Gasteiger partial charge in [-0.25, -0.2) is 0 Å². The van der Waals surface area contributed by atoms with Crippen LogP contribution in [0.15, 0.2) is 12.1 Å². The Bertz CT molecular complexity index is 1410. The van der Waals surface area contributed by atoms with Crippen molar-refractivity contribution in [2.45, 2.75) is 109 Å². The maximum atomic E-state index is 14.0. The van der Waals surface area contributed by atoms with E-state index in [1.54, 1.807) is 16.6 Å². The quantitative estimate of drug-likeness (QED) is 0.453. The molecule has 2 aliphatic carbocycles. The molecule has 3 heterocycles. The van der Waals surface area contributed by atoms with E-state index in [-0.39, 0.29) is 41.5 Å². The molecule has 10 nitrogen and oxygen atoms in total. The Morgan fingerprint density at radius 1 is 1.02 bits per heavy atom. The average Bonchev–Trinajstić information content (AvgIpc) is 3.42. The number of anilines is 1. The van der Waals surface area contributed by atoms with Crippen molar-refractivity contribution in [3.05, 3.63) is 23.4 Å². The molecule has 6 rings (SSSR count). The number of ketones is 1. The van der Waals surface area contributed by atoms with Crippen molar-refractivity contribution < 1.29 is 19.2 Å². The lowest BCUT2D eigenvalue weighted by atomic mass is 9.89. The van der Waals surface area contributed by atoms with E-state index >= 15 is 0 Å². The van der Waals surface area contributed by atoms with Crippen molar-refractivity contribution in [1.29, 1.82) is 0 Å². The highest BCUT2D eigenvalue weighted by molar-refractivity contribution is 6.06. The first-order chi connectivity index (χ1) is 20.8. The minimum absolute atomic E-state index is 0.0426. The number of aromatic nitrogens is 2. The molecule has 1 aromatic heterocycles. The van der Waals surface area contributed by atoms with Crippen LogP contribution in [0.25, 0.3) is 10.9 Å². The zero-order chi connectivity index (χ0) is 30.1. The van der Waals surface area contributed by atoms with Gasteiger partial charge in [0.15, 0.2) is 5.78 Å². The second-order valence-corrected chi connectivity index (χ2v) is 13.4. The fraction of sp³-hybridized carbons (Fsp3) is 0.667. The fourth-order valence-corrected chi connectivity index (χ4v) is 7.89. The second-order valence-electron chi connectivity index (χ2n) is 13.4. The van der Waals surface area contributed by atoms with Gasteiger partial charge in [-0.05, 0) is 68.6 Å². The Balaban J connectivity index is 1.36. The number of Topliss-reactive ketones (excluding diaryl/α,β-unsaturated/α-hetero) is 1. The number of nitrogens with zero attached hydrogens (tertiary/aromatic N) is 3. The van der Waals surface area contributed by atoms with Gasteiger partial charge in [0.25, 0.3) is 0 Å². The van der Waals surface area contributed by atoms with Gasteiger partial charge < -0.3 is 20.9 Å². The average molecular weight is 591 g/mol. The number of hydrogen-bond donors (Lipinski definition) is 3. The second kappa shape index (κ2) is 12.3. The van der Waals surface area contributed by atoms with E-state index in [4.69, 9.17) is 5.10 Å². The number of carbonyl (C=O) groups is 4. The topological polar surface area (TPSA) is 125 Å². The van der Waals surface area contributed by atoms with Gasteiger partial charge in [-0.2, -0.15) is 5.10 Å². The van der Waals surface area contributed by atoms with E-state index < -0.39 is 6.04 Å². The molecule has 3 N–H and O–H groups in total. The summed E-state index contributed by atoms with van der Waals surface area (Å²) in [6, 6.07) is 3.52. The molecule has 2 saturated carbocycles. The van der Waals surface area contributed by atoms with Crippen LogP contribution in [0.4, 0.5) is 5.69 Å². The van der Waals surface area contributed by atoms with Gasteiger partial charge in [0, 0.05) is 56.0 Å². The van der Waals surface area contributed by atoms with Gasteiger partial charge in [0.05, 0.1) is 5.52 Å². The van der Waals surface area contributed by atoms with Gasteiger partial charge in [0.2, 0.25) is 17.7 Å². The summed E-state index contributed by atoms with van der Waals surface area (Å²) in [6.45, 7) is 2.88. The van der Waals surface area contributed by atoms with E-state index in [0.29, 0.717) is 31.0 Å². The summed E-state index contributed by atoms with van der Waals surface area (Å²) in [5.41, 5.74) is 3.01. The van der Waals surface area contributed by atoms with E-state index in [1.165, 1.54) is 39.0 Å². The Morgan fingerprint density at radius 3 is 2.51 bits per heavy atom. The monoisotopic (exact) mass is 590 g/mol. The number of rotatable bonds is 5. The third-order valence-corrected chi connectivity index (χ3v) is 10.4. The molecular formula is C33H46N6O4. The molecule has 10 heteroatoms. The lowest BCUT2D eigenvalue weighted by Gasteiger charge is -2.26. The number of likely N-dealkylation sites (N-methyl/N-ethyl adjacent to an activating group) is 1. The molecule has 1 aromatic carbocycles. The Labute approximate surface area is 253 Å². The summed E-state index contributed by atoms with van der Waals surface area (Å²) in [7, 11) is 1.59. The highest BCUT2D eigenvalue weighted by Crippen LogP contribution is 2.59. The minimum Gasteiger partial charge on any atom is -0.385 e. The van der Waals surface area contributed by atoms with Crippen LogP contribution in [-0.2, 0) is 27.3 Å². The summed E-state index contributed by atoms with van der Waals surface area (Å²) >= 11 is 0. The molecule has 232 valence electrons. The Hall–Kier alpha value is -3.43. The fourth-order valence-electron chi connectivity index (χ4n) is 7.89. The lowest BCUT2D eigenvalue weighted by Crippen LogP contribution is -2.48. The van der Waals surface area contributed by atoms with Gasteiger partial charge in [0.1, 0.15) is 18.3 Å². The van der Waals surface area contributed by atoms with Crippen molar-refractivity contribution in [2.24, 2.45) is 11.3 Å². The van der Waals surface area contributed by atoms with Gasteiger partial charge in [-0.3, -0.25) is 23.9 Å². The van der Waals surface area contributed by atoms with E-state index in [9.17, 15) is 19.2 Å². The van der Waals surface area contributed by atoms with Crippen LogP contribution in [-0.4, -0.2) is 70.4 Å². The van der Waals surface area contributed by atoms with Crippen molar-refractivity contribution in [3.63, 3.8) is 0 Å². The van der Waals surface area contributed by atoms with Gasteiger partial charge >= 0.3 is 0 Å². The normalized spacial score (nSPS) is 26.9. The van der Waals surface area contributed by atoms with Crippen molar-refractivity contribution in [3.8, 4) is 0 Å². The standard InChI is InChI=1S/C33H46N6O4/c1-21(40)30-25-15-24(35-18-22-10-6-5-7-11-22)14-23-12-8-3-4-9-13-28(41)36-20-33-16-26(32(43)34-2)39(27(33)17-33)29(42)19-38(37-30)31(23)25/h14-15,22,26-27,35H,3-13,16-20H2,1-2H3,(H,34,43)(H,36,41)/t26-,27+,33-/m0/s1. The molecule has 0 radical (unpaired) electrons. The van der Waals surface area contributed by atoms with Crippen molar-refractivity contribution in [2.75, 3.05) is 25.5 Å². The summed E-state index contributed by atoms with van der Waals surface area (Å²) in [5, 5.41) is 15.0. The van der Waals surface area contributed by atoms with Crippen molar-refractivity contribution in [1.82, 2.24) is 25.3 Å². The SMILES string of the molecule is CNC(=O)[C@@H]1C[C@]23CNC(=O)CCCCCCc4cc(NCC5CCCCC5)cc5c(C(C)=O)nn(c45)CC(=O)N1[C@@H]2C3. The third-order valence-electron chi connectivity index (χ3n) is 10.4. The molecule has 1 saturated heterocycles. The largest absolute Gasteiger partial charge is 0.385 e. The first-order valence-electron chi connectivity index (χ1n) is 16.4. The van der Waals surface area contributed by atoms with Crippen LogP contribution < -0.4 is 16.0 Å². The number of nitrogens with one attached hydrogen (secondary N) is 3. The number of hydrogen-bond acceptors (Lipinski definition) is 6. The van der Waals surface area contributed by atoms with Crippen molar-refractivity contribution >= 4 is 40.1 Å². The van der Waals surface area contributed by atoms with E-state index in [0.717, 1.165) is 67.2 Å². The maximum absolute atomic E-state index is 14.0. The molecule has 3 amide bonds. The number of aryl methyl sites for hydroxylation is 1. The number of amides is 3. The van der Waals surface area contributed by atoms with Gasteiger partial charge in [-0.1, -0.05) is 32.1 Å². The molecule has 3 fully saturated rings. The van der Waals surface area contributed by atoms with E-state index in [2.05, 4.69) is 22.0 Å². The van der Waals surface area contributed by atoms with Crippen LogP contribution in [0.3, 0.4) is 0 Å². The molecule has 43 heavy (non-hydrogen) atoms. The zero-order valence-corrected chi connectivity index (χ0v) is 25.7. The van der Waals surface area contributed by atoms with Crippen LogP contribution in [0.5, 0.6) is 0 Å². The van der Waals surface area contributed by atoms with E-state index in [1.807, 2.05) is 6.07 Å². The summed E-state index contributed by atoms with van der Waals surface area (Å²) in [5.74, 6) is 0.197. The molecule has 2 aliphatic heterocycles. The highest BCUT2D eigenvalue weighted by Gasteiger charge is 2.67. The maximum Gasteiger partial charge on any atom is 0.245 e.